The fourth-order valence-electron chi connectivity index (χ4n) is 3.05. The Morgan fingerprint density at radius 2 is 1.93 bits per heavy atom. The van der Waals surface area contributed by atoms with Gasteiger partial charge in [-0.1, -0.05) is 6.07 Å². The van der Waals surface area contributed by atoms with E-state index in [1.807, 2.05) is 12.1 Å². The highest BCUT2D eigenvalue weighted by molar-refractivity contribution is 5.95. The number of anilines is 1. The largest absolute Gasteiger partial charge is 0.490 e. The van der Waals surface area contributed by atoms with E-state index in [1.165, 1.54) is 25.3 Å². The maximum atomic E-state index is 12.6. The first kappa shape index (κ1) is 19.3. The predicted molar refractivity (Wildman–Crippen MR) is 103 cm³/mol. The van der Waals surface area contributed by atoms with Crippen molar-refractivity contribution in [3.05, 3.63) is 53.9 Å². The van der Waals surface area contributed by atoms with E-state index in [2.05, 4.69) is 10.3 Å². The van der Waals surface area contributed by atoms with Crippen LogP contribution in [0.15, 0.2) is 42.6 Å². The molecule has 3 amide bonds. The lowest BCUT2D eigenvalue weighted by molar-refractivity contribution is -0.114. The van der Waals surface area contributed by atoms with Gasteiger partial charge in [-0.2, -0.15) is 0 Å². The van der Waals surface area contributed by atoms with Crippen LogP contribution in [0.3, 0.4) is 0 Å². The van der Waals surface area contributed by atoms with Crippen LogP contribution in [0.5, 0.6) is 5.75 Å². The molecule has 2 aromatic rings. The van der Waals surface area contributed by atoms with E-state index in [0.29, 0.717) is 37.4 Å². The SMILES string of the molecule is CC(=O)Nc1cccc(OC2CCN(C(=O)c3ccc(C(N)=O)cn3)CC2)c1. The van der Waals surface area contributed by atoms with Crippen LogP contribution < -0.4 is 15.8 Å². The monoisotopic (exact) mass is 382 g/mol. The first-order valence-corrected chi connectivity index (χ1v) is 9.02. The highest BCUT2D eigenvalue weighted by Crippen LogP contribution is 2.23. The first-order chi connectivity index (χ1) is 13.4. The highest BCUT2D eigenvalue weighted by Gasteiger charge is 2.25. The quantitative estimate of drug-likeness (QED) is 0.819. The molecule has 1 saturated heterocycles. The summed E-state index contributed by atoms with van der Waals surface area (Å²) in [5.41, 5.74) is 6.42. The van der Waals surface area contributed by atoms with Gasteiger partial charge in [-0.15, -0.1) is 0 Å². The van der Waals surface area contributed by atoms with Crippen molar-refractivity contribution >= 4 is 23.4 Å². The Balaban J connectivity index is 1.55. The van der Waals surface area contributed by atoms with Gasteiger partial charge in [0.2, 0.25) is 11.8 Å². The lowest BCUT2D eigenvalue weighted by Crippen LogP contribution is -2.42. The zero-order valence-corrected chi connectivity index (χ0v) is 15.6. The lowest BCUT2D eigenvalue weighted by atomic mass is 10.1. The summed E-state index contributed by atoms with van der Waals surface area (Å²) in [5.74, 6) is -0.213. The van der Waals surface area contributed by atoms with Crippen LogP contribution in [0.1, 0.15) is 40.6 Å². The van der Waals surface area contributed by atoms with Gasteiger partial charge in [0.05, 0.1) is 5.56 Å². The van der Waals surface area contributed by atoms with Crippen LogP contribution >= 0.6 is 0 Å². The zero-order chi connectivity index (χ0) is 20.1. The van der Waals surface area contributed by atoms with Gasteiger partial charge >= 0.3 is 0 Å². The van der Waals surface area contributed by atoms with Crippen molar-refractivity contribution in [1.29, 1.82) is 0 Å². The Morgan fingerprint density at radius 3 is 2.54 bits per heavy atom. The van der Waals surface area contributed by atoms with Crippen LogP contribution in [0, 0.1) is 0 Å². The average molecular weight is 382 g/mol. The summed E-state index contributed by atoms with van der Waals surface area (Å²) in [4.78, 5) is 40.6. The molecule has 1 aliphatic heterocycles. The standard InChI is InChI=1S/C20H22N4O4/c1-13(25)23-15-3-2-4-17(11-15)28-16-7-9-24(10-8-16)20(27)18-6-5-14(12-22-18)19(21)26/h2-6,11-12,16H,7-10H2,1H3,(H2,21,26)(H,23,25). The smallest absolute Gasteiger partial charge is 0.272 e. The molecule has 0 unspecified atom stereocenters. The van der Waals surface area contributed by atoms with Crippen molar-refractivity contribution in [1.82, 2.24) is 9.88 Å². The van der Waals surface area contributed by atoms with E-state index in [4.69, 9.17) is 10.5 Å². The molecule has 0 aliphatic carbocycles. The summed E-state index contributed by atoms with van der Waals surface area (Å²) in [5, 5.41) is 2.73. The second kappa shape index (κ2) is 8.51. The van der Waals surface area contributed by atoms with E-state index in [0.717, 1.165) is 0 Å². The molecule has 0 saturated carbocycles. The molecule has 0 bridgehead atoms. The molecule has 3 rings (SSSR count). The minimum atomic E-state index is -0.577. The van der Waals surface area contributed by atoms with Gasteiger partial charge < -0.3 is 20.7 Å². The second-order valence-electron chi connectivity index (χ2n) is 6.61. The first-order valence-electron chi connectivity index (χ1n) is 9.02. The van der Waals surface area contributed by atoms with Gasteiger partial charge in [0.15, 0.2) is 0 Å². The molecule has 146 valence electrons. The van der Waals surface area contributed by atoms with Crippen molar-refractivity contribution in [2.24, 2.45) is 5.73 Å². The number of nitrogens with zero attached hydrogens (tertiary/aromatic N) is 2. The fourth-order valence-corrected chi connectivity index (χ4v) is 3.05. The molecule has 8 heteroatoms. The van der Waals surface area contributed by atoms with Crippen LogP contribution in [-0.2, 0) is 4.79 Å². The zero-order valence-electron chi connectivity index (χ0n) is 15.6. The third kappa shape index (κ3) is 4.85. The normalized spacial score (nSPS) is 14.4. The second-order valence-corrected chi connectivity index (χ2v) is 6.61. The topological polar surface area (TPSA) is 115 Å². The number of aromatic nitrogens is 1. The molecule has 1 aliphatic rings. The van der Waals surface area contributed by atoms with Gasteiger partial charge in [0.1, 0.15) is 17.5 Å². The molecular formula is C20H22N4O4. The Hall–Kier alpha value is -3.42. The van der Waals surface area contributed by atoms with Crippen molar-refractivity contribution in [2.75, 3.05) is 18.4 Å². The molecule has 1 aromatic carbocycles. The maximum Gasteiger partial charge on any atom is 0.272 e. The third-order valence-electron chi connectivity index (χ3n) is 4.45. The number of amides is 3. The van der Waals surface area contributed by atoms with Crippen molar-refractivity contribution < 1.29 is 19.1 Å². The van der Waals surface area contributed by atoms with Gasteiger partial charge in [0.25, 0.3) is 5.91 Å². The van der Waals surface area contributed by atoms with Gasteiger partial charge in [-0.3, -0.25) is 19.4 Å². The molecule has 2 heterocycles. The van der Waals surface area contributed by atoms with Gasteiger partial charge in [-0.05, 0) is 24.3 Å². The van der Waals surface area contributed by atoms with E-state index >= 15 is 0 Å². The molecular weight excluding hydrogens is 360 g/mol. The van der Waals surface area contributed by atoms with E-state index < -0.39 is 5.91 Å². The van der Waals surface area contributed by atoms with E-state index in [9.17, 15) is 14.4 Å². The Labute approximate surface area is 162 Å². The van der Waals surface area contributed by atoms with Crippen LogP contribution in [0.25, 0.3) is 0 Å². The molecule has 0 radical (unpaired) electrons. The summed E-state index contributed by atoms with van der Waals surface area (Å²) in [6, 6.07) is 10.3. The molecule has 1 fully saturated rings. The van der Waals surface area contributed by atoms with Crippen molar-refractivity contribution in [3.63, 3.8) is 0 Å². The summed E-state index contributed by atoms with van der Waals surface area (Å²) < 4.78 is 6.00. The van der Waals surface area contributed by atoms with Crippen LogP contribution in [-0.4, -0.2) is 46.8 Å². The number of hydrogen-bond donors (Lipinski definition) is 2. The predicted octanol–water partition coefficient (Wildman–Crippen LogP) is 1.82. The average Bonchev–Trinajstić information content (AvgIpc) is 2.68. The number of carbonyl (C=O) groups excluding carboxylic acids is 3. The molecule has 1 aromatic heterocycles. The number of ether oxygens (including phenoxy) is 1. The third-order valence-corrected chi connectivity index (χ3v) is 4.45. The molecule has 8 nitrogen and oxygen atoms in total. The number of nitrogens with two attached hydrogens (primary N) is 1. The van der Waals surface area contributed by atoms with Gasteiger partial charge in [0, 0.05) is 50.8 Å². The number of primary amides is 1. The number of carbonyl (C=O) groups is 3. The lowest BCUT2D eigenvalue weighted by Gasteiger charge is -2.32. The minimum Gasteiger partial charge on any atom is -0.490 e. The number of pyridine rings is 1. The Kier molecular flexibility index (Phi) is 5.88. The van der Waals surface area contributed by atoms with Crippen LogP contribution in [0.4, 0.5) is 5.69 Å². The van der Waals surface area contributed by atoms with Gasteiger partial charge in [-0.25, -0.2) is 0 Å². The number of nitrogens with one attached hydrogen (secondary N) is 1. The number of likely N-dealkylation sites (tertiary alicyclic amines) is 1. The summed E-state index contributed by atoms with van der Waals surface area (Å²) in [6.45, 7) is 2.55. The fraction of sp³-hybridized carbons (Fsp3) is 0.300. The molecule has 0 atom stereocenters. The Bertz CT molecular complexity index is 874. The maximum absolute atomic E-state index is 12.6. The van der Waals surface area contributed by atoms with Crippen molar-refractivity contribution in [3.8, 4) is 5.75 Å². The number of rotatable bonds is 5. The molecule has 0 spiro atoms. The molecule has 3 N–H and O–H groups in total. The number of piperidine rings is 1. The number of benzene rings is 1. The minimum absolute atomic E-state index is 0.0122. The molecule has 28 heavy (non-hydrogen) atoms. The summed E-state index contributed by atoms with van der Waals surface area (Å²) in [6.07, 6.45) is 2.68. The Morgan fingerprint density at radius 1 is 1.18 bits per heavy atom. The highest BCUT2D eigenvalue weighted by atomic mass is 16.5. The number of hydrogen-bond acceptors (Lipinski definition) is 5. The van der Waals surface area contributed by atoms with E-state index in [1.54, 1.807) is 17.0 Å². The summed E-state index contributed by atoms with van der Waals surface area (Å²) in [7, 11) is 0. The van der Waals surface area contributed by atoms with Crippen molar-refractivity contribution in [2.45, 2.75) is 25.9 Å². The van der Waals surface area contributed by atoms with E-state index in [-0.39, 0.29) is 29.2 Å². The summed E-state index contributed by atoms with van der Waals surface area (Å²) >= 11 is 0. The van der Waals surface area contributed by atoms with Crippen LogP contribution in [0.2, 0.25) is 0 Å².